The fraction of sp³-hybridized carbons (Fsp3) is 0.227. The fourth-order valence-corrected chi connectivity index (χ4v) is 3.06. The molecular formula is C22H23N3O4. The maximum atomic E-state index is 12.7. The van der Waals surface area contributed by atoms with Crippen molar-refractivity contribution >= 4 is 11.9 Å². The number of carboxylic acids is 1. The van der Waals surface area contributed by atoms with Crippen LogP contribution in [0, 0.1) is 20.8 Å². The zero-order chi connectivity index (χ0) is 21.1. The minimum atomic E-state index is -1.03. The van der Waals surface area contributed by atoms with Gasteiger partial charge in [-0.2, -0.15) is 5.10 Å². The summed E-state index contributed by atoms with van der Waals surface area (Å²) in [6.07, 6.45) is -0.265. The van der Waals surface area contributed by atoms with E-state index in [0.29, 0.717) is 11.3 Å². The minimum Gasteiger partial charge on any atom is -0.493 e. The molecule has 0 radical (unpaired) electrons. The lowest BCUT2D eigenvalue weighted by atomic mass is 10.0. The first kappa shape index (κ1) is 20.1. The molecule has 0 aliphatic carbocycles. The van der Waals surface area contributed by atoms with Crippen LogP contribution in [-0.4, -0.2) is 31.9 Å². The van der Waals surface area contributed by atoms with Crippen molar-refractivity contribution in [3.63, 3.8) is 0 Å². The molecule has 1 unspecified atom stereocenters. The van der Waals surface area contributed by atoms with Gasteiger partial charge in [0.25, 0.3) is 5.91 Å². The van der Waals surface area contributed by atoms with Gasteiger partial charge in [-0.1, -0.05) is 42.0 Å². The number of carboxylic acid groups (broad SMARTS) is 1. The molecule has 1 atom stereocenters. The molecule has 0 saturated carbocycles. The lowest BCUT2D eigenvalue weighted by Crippen LogP contribution is -2.30. The molecular weight excluding hydrogens is 370 g/mol. The van der Waals surface area contributed by atoms with Gasteiger partial charge in [-0.05, 0) is 43.5 Å². The third-order valence-corrected chi connectivity index (χ3v) is 4.68. The van der Waals surface area contributed by atoms with E-state index in [1.807, 2.05) is 51.1 Å². The average Bonchev–Trinajstić information content (AvgIpc) is 3.05. The number of aromatic nitrogens is 2. The van der Waals surface area contributed by atoms with Crippen LogP contribution in [0.4, 0.5) is 0 Å². The first-order chi connectivity index (χ1) is 13.7. The summed E-state index contributed by atoms with van der Waals surface area (Å²) in [5.41, 5.74) is 4.28. The molecule has 0 aliphatic heterocycles. The SMILES string of the molecule is Cc1ccc(C(CC(=O)O)NC(=O)c2cc(O)n(-c3cc(C)ccc3C)n2)cc1. The van der Waals surface area contributed by atoms with E-state index in [1.165, 1.54) is 10.7 Å². The average molecular weight is 393 g/mol. The number of carbonyl (C=O) groups excluding carboxylic acids is 1. The summed E-state index contributed by atoms with van der Waals surface area (Å²) in [7, 11) is 0. The van der Waals surface area contributed by atoms with Gasteiger partial charge in [-0.25, -0.2) is 4.68 Å². The Morgan fingerprint density at radius 1 is 1.03 bits per heavy atom. The molecule has 0 bridgehead atoms. The molecule has 3 N–H and O–H groups in total. The Balaban J connectivity index is 1.88. The maximum absolute atomic E-state index is 12.7. The molecule has 7 heteroatoms. The van der Waals surface area contributed by atoms with E-state index < -0.39 is 17.9 Å². The number of hydrogen-bond donors (Lipinski definition) is 3. The van der Waals surface area contributed by atoms with Crippen LogP contribution < -0.4 is 5.32 Å². The van der Waals surface area contributed by atoms with Gasteiger partial charge in [0.2, 0.25) is 5.88 Å². The van der Waals surface area contributed by atoms with Gasteiger partial charge >= 0.3 is 5.97 Å². The number of aryl methyl sites for hydroxylation is 3. The van der Waals surface area contributed by atoms with Crippen molar-refractivity contribution < 1.29 is 19.8 Å². The van der Waals surface area contributed by atoms with Crippen molar-refractivity contribution in [3.8, 4) is 11.6 Å². The summed E-state index contributed by atoms with van der Waals surface area (Å²) in [6.45, 7) is 5.74. The van der Waals surface area contributed by atoms with Crippen molar-refractivity contribution in [2.75, 3.05) is 0 Å². The normalized spacial score (nSPS) is 11.8. The monoisotopic (exact) mass is 393 g/mol. The predicted molar refractivity (Wildman–Crippen MR) is 108 cm³/mol. The first-order valence-electron chi connectivity index (χ1n) is 9.20. The second kappa shape index (κ2) is 8.18. The second-order valence-electron chi connectivity index (χ2n) is 7.12. The fourth-order valence-electron chi connectivity index (χ4n) is 3.06. The zero-order valence-corrected chi connectivity index (χ0v) is 16.5. The van der Waals surface area contributed by atoms with E-state index in [-0.39, 0.29) is 18.0 Å². The Morgan fingerprint density at radius 2 is 1.69 bits per heavy atom. The summed E-state index contributed by atoms with van der Waals surface area (Å²) in [5.74, 6) is -1.76. The number of aliphatic carboxylic acids is 1. The van der Waals surface area contributed by atoms with Crippen LogP contribution in [-0.2, 0) is 4.79 Å². The lowest BCUT2D eigenvalue weighted by Gasteiger charge is -2.17. The van der Waals surface area contributed by atoms with Gasteiger partial charge in [-0.15, -0.1) is 0 Å². The number of benzene rings is 2. The molecule has 29 heavy (non-hydrogen) atoms. The van der Waals surface area contributed by atoms with Crippen molar-refractivity contribution in [3.05, 3.63) is 76.5 Å². The highest BCUT2D eigenvalue weighted by Gasteiger charge is 2.22. The summed E-state index contributed by atoms with van der Waals surface area (Å²) in [4.78, 5) is 24.0. The summed E-state index contributed by atoms with van der Waals surface area (Å²) in [5, 5.41) is 26.5. The lowest BCUT2D eigenvalue weighted by molar-refractivity contribution is -0.137. The van der Waals surface area contributed by atoms with Crippen LogP contribution in [0.15, 0.2) is 48.5 Å². The van der Waals surface area contributed by atoms with Crippen molar-refractivity contribution in [1.29, 1.82) is 0 Å². The smallest absolute Gasteiger partial charge is 0.305 e. The number of rotatable bonds is 6. The predicted octanol–water partition coefficient (Wildman–Crippen LogP) is 3.45. The number of carbonyl (C=O) groups is 2. The molecule has 0 aliphatic rings. The molecule has 3 aromatic rings. The van der Waals surface area contributed by atoms with E-state index in [4.69, 9.17) is 0 Å². The Bertz CT molecular complexity index is 1050. The number of nitrogens with zero attached hydrogens (tertiary/aromatic N) is 2. The number of amides is 1. The quantitative estimate of drug-likeness (QED) is 0.595. The van der Waals surface area contributed by atoms with Crippen LogP contribution in [0.3, 0.4) is 0 Å². The molecule has 3 rings (SSSR count). The highest BCUT2D eigenvalue weighted by Crippen LogP contribution is 2.23. The molecule has 1 amide bonds. The van der Waals surface area contributed by atoms with E-state index in [2.05, 4.69) is 10.4 Å². The maximum Gasteiger partial charge on any atom is 0.305 e. The topological polar surface area (TPSA) is 104 Å². The Labute approximate surface area is 168 Å². The van der Waals surface area contributed by atoms with E-state index in [0.717, 1.165) is 16.7 Å². The molecule has 1 heterocycles. The number of hydrogen-bond acceptors (Lipinski definition) is 4. The van der Waals surface area contributed by atoms with Crippen LogP contribution in [0.2, 0.25) is 0 Å². The highest BCUT2D eigenvalue weighted by atomic mass is 16.4. The second-order valence-corrected chi connectivity index (χ2v) is 7.12. The van der Waals surface area contributed by atoms with E-state index in [9.17, 15) is 19.8 Å². The van der Waals surface area contributed by atoms with Crippen molar-refractivity contribution in [1.82, 2.24) is 15.1 Å². The Morgan fingerprint density at radius 3 is 2.34 bits per heavy atom. The molecule has 2 aromatic carbocycles. The zero-order valence-electron chi connectivity index (χ0n) is 16.5. The molecule has 1 aromatic heterocycles. The molecule has 0 fully saturated rings. The van der Waals surface area contributed by atoms with Crippen LogP contribution >= 0.6 is 0 Å². The van der Waals surface area contributed by atoms with Gasteiger partial charge in [0.15, 0.2) is 5.69 Å². The van der Waals surface area contributed by atoms with Crippen molar-refractivity contribution in [2.24, 2.45) is 0 Å². The van der Waals surface area contributed by atoms with Crippen LogP contribution in [0.5, 0.6) is 5.88 Å². The highest BCUT2D eigenvalue weighted by molar-refractivity contribution is 5.93. The van der Waals surface area contributed by atoms with Gasteiger partial charge < -0.3 is 15.5 Å². The molecule has 0 spiro atoms. The van der Waals surface area contributed by atoms with E-state index >= 15 is 0 Å². The van der Waals surface area contributed by atoms with Crippen LogP contribution in [0.25, 0.3) is 5.69 Å². The minimum absolute atomic E-state index is 0.00547. The Hall–Kier alpha value is -3.61. The van der Waals surface area contributed by atoms with Gasteiger partial charge in [0.05, 0.1) is 18.2 Å². The van der Waals surface area contributed by atoms with Crippen LogP contribution in [0.1, 0.15) is 45.2 Å². The number of nitrogens with one attached hydrogen (secondary N) is 1. The largest absolute Gasteiger partial charge is 0.493 e. The van der Waals surface area contributed by atoms with E-state index in [1.54, 1.807) is 12.1 Å². The standard InChI is InChI=1S/C22H23N3O4/c1-13-5-8-16(9-6-13)17(12-21(27)28)23-22(29)18-11-20(26)25(24-18)19-10-14(2)4-7-15(19)3/h4-11,17,26H,12H2,1-3H3,(H,23,29)(H,27,28). The molecule has 150 valence electrons. The van der Waals surface area contributed by atoms with Gasteiger partial charge in [0.1, 0.15) is 0 Å². The van der Waals surface area contributed by atoms with Crippen molar-refractivity contribution in [2.45, 2.75) is 33.2 Å². The summed E-state index contributed by atoms with van der Waals surface area (Å²) in [6, 6.07) is 13.6. The Kier molecular flexibility index (Phi) is 5.68. The third kappa shape index (κ3) is 4.63. The summed E-state index contributed by atoms with van der Waals surface area (Å²) < 4.78 is 1.30. The van der Waals surface area contributed by atoms with Gasteiger partial charge in [0, 0.05) is 6.07 Å². The molecule has 7 nitrogen and oxygen atoms in total. The molecule has 0 saturated heterocycles. The third-order valence-electron chi connectivity index (χ3n) is 4.68. The first-order valence-corrected chi connectivity index (χ1v) is 9.20. The number of aromatic hydroxyl groups is 1. The summed E-state index contributed by atoms with van der Waals surface area (Å²) >= 11 is 0. The van der Waals surface area contributed by atoms with Gasteiger partial charge in [-0.3, -0.25) is 9.59 Å².